The number of hydrogen-bond donors (Lipinski definition) is 3. The van der Waals surface area contributed by atoms with Crippen LogP contribution < -0.4 is 10.9 Å². The summed E-state index contributed by atoms with van der Waals surface area (Å²) in [7, 11) is 1.26. The summed E-state index contributed by atoms with van der Waals surface area (Å²) in [5, 5.41) is 11.7. The van der Waals surface area contributed by atoms with Gasteiger partial charge >= 0.3 is 11.9 Å². The van der Waals surface area contributed by atoms with Crippen LogP contribution in [-0.4, -0.2) is 41.7 Å². The zero-order chi connectivity index (χ0) is 18.4. The normalized spacial score (nSPS) is 9.96. The van der Waals surface area contributed by atoms with Crippen molar-refractivity contribution in [1.82, 2.24) is 4.98 Å². The third-order valence-electron chi connectivity index (χ3n) is 2.99. The maximum Gasteiger partial charge on any atom is 0.339 e. The van der Waals surface area contributed by atoms with Gasteiger partial charge in [-0.25, -0.2) is 9.59 Å². The average molecular weight is 346 g/mol. The summed E-state index contributed by atoms with van der Waals surface area (Å²) < 4.78 is 9.32. The largest absolute Gasteiger partial charge is 0.494 e. The van der Waals surface area contributed by atoms with Crippen LogP contribution in [0.15, 0.2) is 41.2 Å². The molecule has 3 N–H and O–H groups in total. The molecule has 1 aromatic carbocycles. The van der Waals surface area contributed by atoms with E-state index in [0.717, 1.165) is 12.1 Å². The Labute approximate surface area is 141 Å². The minimum absolute atomic E-state index is 0.184. The monoisotopic (exact) mass is 346 g/mol. The van der Waals surface area contributed by atoms with Gasteiger partial charge in [-0.1, -0.05) is 0 Å². The molecule has 1 heterocycles. The number of ether oxygens (including phenoxy) is 2. The van der Waals surface area contributed by atoms with Crippen LogP contribution in [0.2, 0.25) is 0 Å². The molecule has 0 spiro atoms. The van der Waals surface area contributed by atoms with Crippen molar-refractivity contribution in [2.45, 2.75) is 0 Å². The molecular formula is C16H14N2O7. The molecule has 2 rings (SSSR count). The van der Waals surface area contributed by atoms with E-state index in [-0.39, 0.29) is 5.56 Å². The number of carbonyl (C=O) groups excluding carboxylic acids is 3. The molecule has 0 unspecified atom stereocenters. The molecule has 0 saturated carbocycles. The average Bonchev–Trinajstić information content (AvgIpc) is 2.58. The van der Waals surface area contributed by atoms with E-state index in [4.69, 9.17) is 4.74 Å². The van der Waals surface area contributed by atoms with Gasteiger partial charge in [0, 0.05) is 17.8 Å². The Morgan fingerprint density at radius 3 is 2.36 bits per heavy atom. The second-order valence-electron chi connectivity index (χ2n) is 4.81. The minimum atomic E-state index is -0.933. The number of anilines is 1. The lowest BCUT2D eigenvalue weighted by Gasteiger charge is -2.07. The lowest BCUT2D eigenvalue weighted by atomic mass is 10.2. The van der Waals surface area contributed by atoms with Crippen molar-refractivity contribution >= 4 is 23.5 Å². The fraction of sp³-hybridized carbons (Fsp3) is 0.125. The Morgan fingerprint density at radius 1 is 1.08 bits per heavy atom. The molecule has 0 fully saturated rings. The third kappa shape index (κ3) is 4.93. The van der Waals surface area contributed by atoms with Crippen molar-refractivity contribution in [3.8, 4) is 5.88 Å². The first-order chi connectivity index (χ1) is 11.9. The maximum absolute atomic E-state index is 11.8. The van der Waals surface area contributed by atoms with E-state index in [1.807, 2.05) is 0 Å². The Bertz CT molecular complexity index is 856. The van der Waals surface area contributed by atoms with E-state index in [1.54, 1.807) is 0 Å². The van der Waals surface area contributed by atoms with E-state index >= 15 is 0 Å². The lowest BCUT2D eigenvalue weighted by molar-refractivity contribution is -0.119. The van der Waals surface area contributed by atoms with Crippen molar-refractivity contribution in [2.24, 2.45) is 0 Å². The molecule has 0 aliphatic heterocycles. The number of hydrogen-bond acceptors (Lipinski definition) is 7. The summed E-state index contributed by atoms with van der Waals surface area (Å²) in [6.45, 7) is -0.592. The molecule has 0 saturated heterocycles. The maximum atomic E-state index is 11.8. The Hall–Kier alpha value is -3.62. The zero-order valence-electron chi connectivity index (χ0n) is 13.1. The van der Waals surface area contributed by atoms with Crippen molar-refractivity contribution in [3.63, 3.8) is 0 Å². The van der Waals surface area contributed by atoms with E-state index in [9.17, 15) is 24.3 Å². The van der Waals surface area contributed by atoms with E-state index in [0.29, 0.717) is 11.3 Å². The van der Waals surface area contributed by atoms with Crippen LogP contribution in [0.1, 0.15) is 20.7 Å². The number of aromatic amines is 1. The SMILES string of the molecule is COC(=O)c1ccc(NC(=O)COC(=O)c2cc(O)[nH]c(=O)c2)cc1. The highest BCUT2D eigenvalue weighted by molar-refractivity contribution is 5.96. The molecule has 0 aliphatic rings. The molecule has 0 radical (unpaired) electrons. The first kappa shape index (κ1) is 17.7. The van der Waals surface area contributed by atoms with Crippen molar-refractivity contribution in [2.75, 3.05) is 19.0 Å². The van der Waals surface area contributed by atoms with Gasteiger partial charge in [-0.2, -0.15) is 0 Å². The zero-order valence-corrected chi connectivity index (χ0v) is 13.1. The molecule has 9 nitrogen and oxygen atoms in total. The van der Waals surface area contributed by atoms with Gasteiger partial charge in [0.05, 0.1) is 18.2 Å². The predicted octanol–water partition coefficient (Wildman–Crippen LogP) is 0.663. The summed E-state index contributed by atoms with van der Waals surface area (Å²) >= 11 is 0. The van der Waals surface area contributed by atoms with Crippen LogP contribution in [0.5, 0.6) is 5.88 Å². The van der Waals surface area contributed by atoms with Gasteiger partial charge in [-0.05, 0) is 24.3 Å². The Morgan fingerprint density at radius 2 is 1.76 bits per heavy atom. The number of benzene rings is 1. The molecule has 0 atom stereocenters. The summed E-state index contributed by atoms with van der Waals surface area (Å²) in [5.41, 5.74) is -0.151. The van der Waals surface area contributed by atoms with Gasteiger partial charge in [0.1, 0.15) is 0 Å². The molecule has 1 amide bonds. The lowest BCUT2D eigenvalue weighted by Crippen LogP contribution is -2.21. The second kappa shape index (κ2) is 7.77. The summed E-state index contributed by atoms with van der Waals surface area (Å²) in [4.78, 5) is 48.0. The number of pyridine rings is 1. The highest BCUT2D eigenvalue weighted by Crippen LogP contribution is 2.11. The van der Waals surface area contributed by atoms with E-state index in [1.165, 1.54) is 31.4 Å². The number of methoxy groups -OCH3 is 1. The Kier molecular flexibility index (Phi) is 5.51. The second-order valence-corrected chi connectivity index (χ2v) is 4.81. The van der Waals surface area contributed by atoms with Gasteiger partial charge in [0.2, 0.25) is 0 Å². The standard InChI is InChI=1S/C16H14N2O7/c1-24-15(22)9-2-4-11(5-3-9)17-14(21)8-25-16(23)10-6-12(19)18-13(20)7-10/h2-7H,8H2,1H3,(H,17,21)(H2,18,19,20). The van der Waals surface area contributed by atoms with Gasteiger partial charge in [0.25, 0.3) is 11.5 Å². The molecular weight excluding hydrogens is 332 g/mol. The molecule has 0 aliphatic carbocycles. The molecule has 130 valence electrons. The molecule has 2 aromatic rings. The highest BCUT2D eigenvalue weighted by Gasteiger charge is 2.12. The summed E-state index contributed by atoms with van der Waals surface area (Å²) in [6, 6.07) is 7.85. The number of aromatic hydroxyl groups is 1. The molecule has 9 heteroatoms. The van der Waals surface area contributed by atoms with Gasteiger partial charge in [-0.3, -0.25) is 14.6 Å². The first-order valence-electron chi connectivity index (χ1n) is 6.97. The molecule has 0 bridgehead atoms. The number of esters is 2. The fourth-order valence-electron chi connectivity index (χ4n) is 1.87. The quantitative estimate of drug-likeness (QED) is 0.677. The Balaban J connectivity index is 1.91. The van der Waals surface area contributed by atoms with Crippen molar-refractivity contribution in [3.05, 3.63) is 57.9 Å². The van der Waals surface area contributed by atoms with Crippen LogP contribution >= 0.6 is 0 Å². The smallest absolute Gasteiger partial charge is 0.339 e. The van der Waals surface area contributed by atoms with E-state index < -0.39 is 35.9 Å². The van der Waals surface area contributed by atoms with Crippen LogP contribution in [-0.2, 0) is 14.3 Å². The van der Waals surface area contributed by atoms with Gasteiger partial charge < -0.3 is 19.9 Å². The third-order valence-corrected chi connectivity index (χ3v) is 2.99. The van der Waals surface area contributed by atoms with Gasteiger partial charge in [-0.15, -0.1) is 0 Å². The number of aromatic nitrogens is 1. The summed E-state index contributed by atoms with van der Waals surface area (Å²) in [6.07, 6.45) is 0. The summed E-state index contributed by atoms with van der Waals surface area (Å²) in [5.74, 6) is -2.55. The number of amides is 1. The fourth-order valence-corrected chi connectivity index (χ4v) is 1.87. The number of nitrogens with one attached hydrogen (secondary N) is 2. The van der Waals surface area contributed by atoms with Gasteiger partial charge in [0.15, 0.2) is 12.5 Å². The topological polar surface area (TPSA) is 135 Å². The van der Waals surface area contributed by atoms with Crippen LogP contribution in [0.25, 0.3) is 0 Å². The molecule has 1 aromatic heterocycles. The predicted molar refractivity (Wildman–Crippen MR) is 85.4 cm³/mol. The highest BCUT2D eigenvalue weighted by atomic mass is 16.5. The van der Waals surface area contributed by atoms with Crippen molar-refractivity contribution in [1.29, 1.82) is 0 Å². The molecule has 25 heavy (non-hydrogen) atoms. The minimum Gasteiger partial charge on any atom is -0.494 e. The van der Waals surface area contributed by atoms with Crippen molar-refractivity contribution < 1.29 is 29.0 Å². The number of rotatable bonds is 5. The number of H-pyrrole nitrogens is 1. The first-order valence-corrected chi connectivity index (χ1v) is 6.97. The van der Waals surface area contributed by atoms with Crippen LogP contribution in [0.4, 0.5) is 5.69 Å². The van der Waals surface area contributed by atoms with Crippen LogP contribution in [0, 0.1) is 0 Å². The number of carbonyl (C=O) groups is 3. The van der Waals surface area contributed by atoms with E-state index in [2.05, 4.69) is 15.0 Å². The van der Waals surface area contributed by atoms with Crippen LogP contribution in [0.3, 0.4) is 0 Å².